The predicted octanol–water partition coefficient (Wildman–Crippen LogP) is 5.31. The first-order chi connectivity index (χ1) is 13.5. The molecule has 0 unspecified atom stereocenters. The lowest BCUT2D eigenvalue weighted by molar-refractivity contribution is 0.288. The van der Waals surface area contributed by atoms with E-state index in [1.54, 1.807) is 21.3 Å². The van der Waals surface area contributed by atoms with E-state index in [1.165, 1.54) is 0 Å². The first kappa shape index (κ1) is 21.7. The van der Waals surface area contributed by atoms with Gasteiger partial charge in [-0.25, -0.2) is 0 Å². The number of rotatable bonds is 11. The smallest absolute Gasteiger partial charge is 0.162 e. The summed E-state index contributed by atoms with van der Waals surface area (Å²) in [5.41, 5.74) is 2.23. The van der Waals surface area contributed by atoms with E-state index in [1.807, 2.05) is 18.2 Å². The molecule has 0 atom stereocenters. The number of hydrogen-bond donors (Lipinski definition) is 0. The van der Waals surface area contributed by atoms with Crippen molar-refractivity contribution in [3.05, 3.63) is 42.0 Å². The third kappa shape index (κ3) is 5.47. The van der Waals surface area contributed by atoms with E-state index in [0.717, 1.165) is 53.6 Å². The third-order valence-electron chi connectivity index (χ3n) is 4.66. The van der Waals surface area contributed by atoms with Crippen LogP contribution in [0.15, 0.2) is 36.4 Å². The van der Waals surface area contributed by atoms with Gasteiger partial charge in [0.05, 0.1) is 27.9 Å². The zero-order chi connectivity index (χ0) is 20.5. The normalized spacial score (nSPS) is 10.7. The van der Waals surface area contributed by atoms with Crippen molar-refractivity contribution in [2.45, 2.75) is 46.2 Å². The minimum atomic E-state index is 0.310. The van der Waals surface area contributed by atoms with Crippen LogP contribution in [0.4, 0.5) is 5.69 Å². The highest BCUT2D eigenvalue weighted by Crippen LogP contribution is 2.34. The quantitative estimate of drug-likeness (QED) is 0.489. The number of hydrogen-bond acceptors (Lipinski definition) is 5. The zero-order valence-corrected chi connectivity index (χ0v) is 18.0. The summed E-state index contributed by atoms with van der Waals surface area (Å²) < 4.78 is 22.2. The molecular formula is C23H33NO4. The number of anilines is 1. The number of ether oxygens (including phenoxy) is 4. The summed E-state index contributed by atoms with van der Waals surface area (Å²) >= 11 is 0. The van der Waals surface area contributed by atoms with Gasteiger partial charge in [0.15, 0.2) is 23.0 Å². The van der Waals surface area contributed by atoms with Crippen LogP contribution in [0.2, 0.25) is 0 Å². The molecule has 0 N–H and O–H groups in total. The lowest BCUT2D eigenvalue weighted by Crippen LogP contribution is -2.30. The molecule has 0 radical (unpaired) electrons. The van der Waals surface area contributed by atoms with Crippen molar-refractivity contribution >= 4 is 5.69 Å². The Balaban J connectivity index is 2.24. The first-order valence-electron chi connectivity index (χ1n) is 9.82. The molecule has 154 valence electrons. The average Bonchev–Trinajstić information content (AvgIpc) is 2.72. The molecule has 28 heavy (non-hydrogen) atoms. The number of unbranched alkanes of at least 4 members (excludes halogenated alkanes) is 1. The van der Waals surface area contributed by atoms with Crippen molar-refractivity contribution in [3.8, 4) is 23.0 Å². The van der Waals surface area contributed by atoms with E-state index in [-0.39, 0.29) is 0 Å². The standard InChI is InChI=1S/C23H33NO4/c1-7-8-13-28-21-11-9-18(14-22(21)26-5)16-24(17(2)3)19-10-12-20(25-4)23(15-19)27-6/h9-12,14-15,17H,7-8,13,16H2,1-6H3. The average molecular weight is 388 g/mol. The lowest BCUT2D eigenvalue weighted by atomic mass is 10.1. The van der Waals surface area contributed by atoms with Crippen LogP contribution in [0.5, 0.6) is 23.0 Å². The molecule has 2 aromatic carbocycles. The van der Waals surface area contributed by atoms with Gasteiger partial charge in [0, 0.05) is 24.3 Å². The van der Waals surface area contributed by atoms with Crippen molar-refractivity contribution in [2.24, 2.45) is 0 Å². The largest absolute Gasteiger partial charge is 0.493 e. The molecular weight excluding hydrogens is 354 g/mol. The van der Waals surface area contributed by atoms with E-state index in [0.29, 0.717) is 12.6 Å². The van der Waals surface area contributed by atoms with Gasteiger partial charge in [-0.3, -0.25) is 0 Å². The van der Waals surface area contributed by atoms with Crippen LogP contribution in [0, 0.1) is 0 Å². The maximum absolute atomic E-state index is 5.85. The van der Waals surface area contributed by atoms with Crippen LogP contribution >= 0.6 is 0 Å². The van der Waals surface area contributed by atoms with Gasteiger partial charge in [-0.05, 0) is 50.1 Å². The topological polar surface area (TPSA) is 40.2 Å². The number of methoxy groups -OCH3 is 3. The van der Waals surface area contributed by atoms with Crippen LogP contribution < -0.4 is 23.8 Å². The summed E-state index contributed by atoms with van der Waals surface area (Å²) in [7, 11) is 4.98. The molecule has 0 bridgehead atoms. The summed E-state index contributed by atoms with van der Waals surface area (Å²) in [5, 5.41) is 0. The third-order valence-corrected chi connectivity index (χ3v) is 4.66. The SMILES string of the molecule is CCCCOc1ccc(CN(c2ccc(OC)c(OC)c2)C(C)C)cc1OC. The van der Waals surface area contributed by atoms with Crippen LogP contribution in [0.1, 0.15) is 39.2 Å². The van der Waals surface area contributed by atoms with E-state index in [2.05, 4.69) is 43.9 Å². The molecule has 0 aliphatic rings. The van der Waals surface area contributed by atoms with Gasteiger partial charge in [0.2, 0.25) is 0 Å². The molecule has 0 aliphatic heterocycles. The molecule has 2 aromatic rings. The van der Waals surface area contributed by atoms with Crippen molar-refractivity contribution in [2.75, 3.05) is 32.8 Å². The second-order valence-corrected chi connectivity index (χ2v) is 6.95. The highest BCUT2D eigenvalue weighted by Gasteiger charge is 2.16. The maximum Gasteiger partial charge on any atom is 0.162 e. The highest BCUT2D eigenvalue weighted by molar-refractivity contribution is 5.57. The molecule has 5 heteroatoms. The molecule has 0 aromatic heterocycles. The molecule has 0 heterocycles. The minimum absolute atomic E-state index is 0.310. The fourth-order valence-electron chi connectivity index (χ4n) is 3.03. The Morgan fingerprint density at radius 3 is 2.07 bits per heavy atom. The Labute approximate surface area is 169 Å². The summed E-state index contributed by atoms with van der Waals surface area (Å²) in [4.78, 5) is 2.31. The Bertz CT molecular complexity index is 745. The number of nitrogens with zero attached hydrogens (tertiary/aromatic N) is 1. The van der Waals surface area contributed by atoms with E-state index in [9.17, 15) is 0 Å². The Morgan fingerprint density at radius 2 is 1.46 bits per heavy atom. The van der Waals surface area contributed by atoms with Gasteiger partial charge in [-0.1, -0.05) is 19.4 Å². The Kier molecular flexibility index (Phi) is 8.30. The van der Waals surface area contributed by atoms with Gasteiger partial charge < -0.3 is 23.8 Å². The molecule has 0 fully saturated rings. The first-order valence-corrected chi connectivity index (χ1v) is 9.82. The molecule has 0 saturated heterocycles. The fraction of sp³-hybridized carbons (Fsp3) is 0.478. The van der Waals surface area contributed by atoms with Crippen LogP contribution in [0.3, 0.4) is 0 Å². The van der Waals surface area contributed by atoms with Crippen molar-refractivity contribution in [1.82, 2.24) is 0 Å². The maximum atomic E-state index is 5.85. The second-order valence-electron chi connectivity index (χ2n) is 6.95. The molecule has 2 rings (SSSR count). The summed E-state index contributed by atoms with van der Waals surface area (Å²) in [6, 6.07) is 12.5. The van der Waals surface area contributed by atoms with Gasteiger partial charge in [0.25, 0.3) is 0 Å². The van der Waals surface area contributed by atoms with Crippen LogP contribution in [-0.4, -0.2) is 34.0 Å². The van der Waals surface area contributed by atoms with Crippen LogP contribution in [0.25, 0.3) is 0 Å². The van der Waals surface area contributed by atoms with Crippen molar-refractivity contribution < 1.29 is 18.9 Å². The van der Waals surface area contributed by atoms with E-state index >= 15 is 0 Å². The van der Waals surface area contributed by atoms with Gasteiger partial charge in [0.1, 0.15) is 0 Å². The fourth-order valence-corrected chi connectivity index (χ4v) is 3.03. The Morgan fingerprint density at radius 1 is 0.821 bits per heavy atom. The summed E-state index contributed by atoms with van der Waals surface area (Å²) in [6.45, 7) is 7.96. The lowest BCUT2D eigenvalue weighted by Gasteiger charge is -2.30. The summed E-state index contributed by atoms with van der Waals surface area (Å²) in [5.74, 6) is 3.01. The highest BCUT2D eigenvalue weighted by atomic mass is 16.5. The van der Waals surface area contributed by atoms with Crippen molar-refractivity contribution in [1.29, 1.82) is 0 Å². The predicted molar refractivity (Wildman–Crippen MR) is 114 cm³/mol. The minimum Gasteiger partial charge on any atom is -0.493 e. The monoisotopic (exact) mass is 387 g/mol. The zero-order valence-electron chi connectivity index (χ0n) is 18.0. The van der Waals surface area contributed by atoms with E-state index < -0.39 is 0 Å². The Hall–Kier alpha value is -2.56. The van der Waals surface area contributed by atoms with Gasteiger partial charge in [-0.15, -0.1) is 0 Å². The second kappa shape index (κ2) is 10.7. The molecule has 0 saturated carbocycles. The van der Waals surface area contributed by atoms with Gasteiger partial charge in [-0.2, -0.15) is 0 Å². The van der Waals surface area contributed by atoms with Crippen molar-refractivity contribution in [3.63, 3.8) is 0 Å². The molecule has 5 nitrogen and oxygen atoms in total. The van der Waals surface area contributed by atoms with Crippen LogP contribution in [-0.2, 0) is 6.54 Å². The van der Waals surface area contributed by atoms with Gasteiger partial charge >= 0.3 is 0 Å². The molecule has 0 amide bonds. The summed E-state index contributed by atoms with van der Waals surface area (Å²) in [6.07, 6.45) is 2.14. The molecule has 0 spiro atoms. The number of benzene rings is 2. The molecule has 0 aliphatic carbocycles. The van der Waals surface area contributed by atoms with E-state index in [4.69, 9.17) is 18.9 Å².